The van der Waals surface area contributed by atoms with Crippen molar-refractivity contribution in [3.8, 4) is 0 Å². The van der Waals surface area contributed by atoms with Crippen molar-refractivity contribution in [1.82, 2.24) is 20.2 Å². The van der Waals surface area contributed by atoms with Crippen LogP contribution in [0.4, 0.5) is 0 Å². The van der Waals surface area contributed by atoms with Gasteiger partial charge in [-0.05, 0) is 13.3 Å². The number of halogens is 2. The summed E-state index contributed by atoms with van der Waals surface area (Å²) in [5, 5.41) is 6.42. The predicted octanol–water partition coefficient (Wildman–Crippen LogP) is 1.83. The molecule has 3 atom stereocenters. The SMILES string of the molecule is C[C@H]1OCCN[C@@H]1C(=O)NC1CCc2nc(C(C)(C)C)cn2C1.Cl.Cl. The zero-order chi connectivity index (χ0) is 16.6. The Morgan fingerprint density at radius 3 is 2.76 bits per heavy atom. The third-order valence-corrected chi connectivity index (χ3v) is 4.71. The Bertz CT molecular complexity index is 586. The molecule has 3 heterocycles. The number of morpholine rings is 1. The second-order valence-corrected chi connectivity index (χ2v) is 7.70. The number of nitrogens with one attached hydrogen (secondary N) is 2. The Morgan fingerprint density at radius 1 is 1.40 bits per heavy atom. The molecule has 3 rings (SSSR count). The number of nitrogens with zero attached hydrogens (tertiary/aromatic N) is 2. The van der Waals surface area contributed by atoms with E-state index in [9.17, 15) is 4.79 Å². The fraction of sp³-hybridized carbons (Fsp3) is 0.765. The average Bonchev–Trinajstić information content (AvgIpc) is 2.91. The van der Waals surface area contributed by atoms with E-state index in [1.807, 2.05) is 6.92 Å². The van der Waals surface area contributed by atoms with E-state index >= 15 is 0 Å². The second kappa shape index (κ2) is 8.71. The minimum atomic E-state index is -0.252. The first-order valence-corrected chi connectivity index (χ1v) is 8.56. The van der Waals surface area contributed by atoms with Crippen LogP contribution < -0.4 is 10.6 Å². The number of amides is 1. The molecule has 8 heteroatoms. The second-order valence-electron chi connectivity index (χ2n) is 7.70. The lowest BCUT2D eigenvalue weighted by molar-refractivity contribution is -0.129. The summed E-state index contributed by atoms with van der Waals surface area (Å²) < 4.78 is 7.76. The van der Waals surface area contributed by atoms with Crippen LogP contribution in [-0.4, -0.2) is 46.8 Å². The van der Waals surface area contributed by atoms with Gasteiger partial charge in [0.2, 0.25) is 5.91 Å². The van der Waals surface area contributed by atoms with E-state index in [4.69, 9.17) is 9.72 Å². The van der Waals surface area contributed by atoms with E-state index < -0.39 is 0 Å². The van der Waals surface area contributed by atoms with Crippen LogP contribution in [0.25, 0.3) is 0 Å². The first-order valence-electron chi connectivity index (χ1n) is 8.56. The molecule has 1 saturated heterocycles. The Labute approximate surface area is 162 Å². The van der Waals surface area contributed by atoms with Gasteiger partial charge in [0.15, 0.2) is 0 Å². The van der Waals surface area contributed by atoms with Gasteiger partial charge in [-0.2, -0.15) is 0 Å². The van der Waals surface area contributed by atoms with E-state index in [2.05, 4.69) is 42.2 Å². The maximum absolute atomic E-state index is 12.5. The van der Waals surface area contributed by atoms with E-state index in [0.29, 0.717) is 6.61 Å². The maximum Gasteiger partial charge on any atom is 0.240 e. The van der Waals surface area contributed by atoms with Crippen molar-refractivity contribution >= 4 is 30.7 Å². The number of rotatable bonds is 2. The molecular formula is C17H30Cl2N4O2. The smallest absolute Gasteiger partial charge is 0.240 e. The average molecular weight is 393 g/mol. The Morgan fingerprint density at radius 2 is 2.12 bits per heavy atom. The lowest BCUT2D eigenvalue weighted by atomic mass is 9.93. The molecular weight excluding hydrogens is 363 g/mol. The standard InChI is InChI=1S/C17H28N4O2.2ClH/c1-11-15(18-7-8-23-11)16(22)19-12-5-6-14-20-13(17(2,3)4)10-21(14)9-12;;/h10-12,15,18H,5-9H2,1-4H3,(H,19,22);2*1H/t11-,12?,15+;;/m1../s1. The number of imidazole rings is 1. The third-order valence-electron chi connectivity index (χ3n) is 4.71. The van der Waals surface area contributed by atoms with E-state index in [-0.39, 0.29) is 54.3 Å². The topological polar surface area (TPSA) is 68.2 Å². The van der Waals surface area contributed by atoms with E-state index in [0.717, 1.165) is 37.4 Å². The summed E-state index contributed by atoms with van der Waals surface area (Å²) in [6, 6.07) is -0.0917. The summed E-state index contributed by atoms with van der Waals surface area (Å²) in [4.78, 5) is 17.2. The molecule has 144 valence electrons. The molecule has 0 spiro atoms. The molecule has 1 aromatic rings. The number of ether oxygens (including phenoxy) is 1. The fourth-order valence-electron chi connectivity index (χ4n) is 3.24. The third kappa shape index (κ3) is 5.09. The first kappa shape index (κ1) is 22.2. The van der Waals surface area contributed by atoms with E-state index in [1.54, 1.807) is 0 Å². The van der Waals surface area contributed by atoms with Gasteiger partial charge in [0.25, 0.3) is 0 Å². The summed E-state index contributed by atoms with van der Waals surface area (Å²) in [5.41, 5.74) is 1.18. The Balaban J connectivity index is 0.00000156. The molecule has 1 amide bonds. The zero-order valence-corrected chi connectivity index (χ0v) is 17.0. The summed E-state index contributed by atoms with van der Waals surface area (Å²) in [5.74, 6) is 1.18. The maximum atomic E-state index is 12.5. The van der Waals surface area contributed by atoms with Crippen molar-refractivity contribution in [3.63, 3.8) is 0 Å². The highest BCUT2D eigenvalue weighted by atomic mass is 35.5. The van der Waals surface area contributed by atoms with Gasteiger partial charge in [-0.1, -0.05) is 20.8 Å². The van der Waals surface area contributed by atoms with Crippen molar-refractivity contribution in [1.29, 1.82) is 0 Å². The van der Waals surface area contributed by atoms with Crippen LogP contribution in [0.1, 0.15) is 45.6 Å². The van der Waals surface area contributed by atoms with Gasteiger partial charge in [0.1, 0.15) is 11.9 Å². The molecule has 0 aliphatic carbocycles. The summed E-state index contributed by atoms with van der Waals surface area (Å²) >= 11 is 0. The summed E-state index contributed by atoms with van der Waals surface area (Å²) in [6.07, 6.45) is 3.90. The Kier molecular flexibility index (Phi) is 7.74. The molecule has 2 aliphatic heterocycles. The largest absolute Gasteiger partial charge is 0.375 e. The van der Waals surface area contributed by atoms with Gasteiger partial charge in [0, 0.05) is 37.2 Å². The normalized spacial score (nSPS) is 26.0. The zero-order valence-electron chi connectivity index (χ0n) is 15.4. The van der Waals surface area contributed by atoms with Crippen molar-refractivity contribution < 1.29 is 9.53 Å². The number of carbonyl (C=O) groups is 1. The van der Waals surface area contributed by atoms with Gasteiger partial charge in [0.05, 0.1) is 18.4 Å². The monoisotopic (exact) mass is 392 g/mol. The molecule has 0 radical (unpaired) electrons. The molecule has 1 fully saturated rings. The molecule has 0 bridgehead atoms. The molecule has 2 aliphatic rings. The quantitative estimate of drug-likeness (QED) is 0.805. The highest BCUT2D eigenvalue weighted by Crippen LogP contribution is 2.24. The number of hydrogen-bond acceptors (Lipinski definition) is 4. The van der Waals surface area contributed by atoms with Crippen LogP contribution in [0.15, 0.2) is 6.20 Å². The van der Waals surface area contributed by atoms with Crippen molar-refractivity contribution in [2.75, 3.05) is 13.2 Å². The number of carbonyl (C=O) groups excluding carboxylic acids is 1. The minimum Gasteiger partial charge on any atom is -0.375 e. The van der Waals surface area contributed by atoms with Crippen LogP contribution in [-0.2, 0) is 27.9 Å². The number of aromatic nitrogens is 2. The molecule has 25 heavy (non-hydrogen) atoms. The minimum absolute atomic E-state index is 0. The highest BCUT2D eigenvalue weighted by Gasteiger charge is 2.31. The van der Waals surface area contributed by atoms with Crippen molar-refractivity contribution in [3.05, 3.63) is 17.7 Å². The lowest BCUT2D eigenvalue weighted by Gasteiger charge is -2.32. The van der Waals surface area contributed by atoms with Crippen molar-refractivity contribution in [2.45, 2.75) is 70.7 Å². The number of hydrogen-bond donors (Lipinski definition) is 2. The molecule has 1 unspecified atom stereocenters. The van der Waals surface area contributed by atoms with Crippen LogP contribution in [0.3, 0.4) is 0 Å². The summed E-state index contributed by atoms with van der Waals surface area (Å²) in [6.45, 7) is 10.7. The number of aryl methyl sites for hydroxylation is 1. The number of fused-ring (bicyclic) bond motifs is 1. The van der Waals surface area contributed by atoms with Gasteiger partial charge < -0.3 is 19.9 Å². The molecule has 2 N–H and O–H groups in total. The van der Waals surface area contributed by atoms with Gasteiger partial charge in [-0.3, -0.25) is 4.79 Å². The van der Waals surface area contributed by atoms with Crippen LogP contribution in [0.5, 0.6) is 0 Å². The lowest BCUT2D eigenvalue weighted by Crippen LogP contribution is -2.57. The predicted molar refractivity (Wildman–Crippen MR) is 103 cm³/mol. The first-order chi connectivity index (χ1) is 10.8. The van der Waals surface area contributed by atoms with Crippen LogP contribution in [0, 0.1) is 0 Å². The molecule has 1 aromatic heterocycles. The van der Waals surface area contributed by atoms with Crippen LogP contribution in [0.2, 0.25) is 0 Å². The summed E-state index contributed by atoms with van der Waals surface area (Å²) in [7, 11) is 0. The van der Waals surface area contributed by atoms with Gasteiger partial charge in [-0.25, -0.2) is 4.98 Å². The van der Waals surface area contributed by atoms with E-state index in [1.165, 1.54) is 0 Å². The van der Waals surface area contributed by atoms with Gasteiger partial charge in [-0.15, -0.1) is 24.8 Å². The molecule has 0 aromatic carbocycles. The molecule has 6 nitrogen and oxygen atoms in total. The Hall–Kier alpha value is -0.820. The van der Waals surface area contributed by atoms with Crippen molar-refractivity contribution in [2.24, 2.45) is 0 Å². The highest BCUT2D eigenvalue weighted by molar-refractivity contribution is 5.85. The van der Waals surface area contributed by atoms with Crippen LogP contribution >= 0.6 is 24.8 Å². The molecule has 0 saturated carbocycles. The fourth-order valence-corrected chi connectivity index (χ4v) is 3.24. The van der Waals surface area contributed by atoms with Gasteiger partial charge >= 0.3 is 0 Å².